The van der Waals surface area contributed by atoms with Crippen LogP contribution in [0.4, 0.5) is 5.69 Å². The average molecular weight is 223 g/mol. The Kier molecular flexibility index (Phi) is 3.31. The maximum absolute atomic E-state index is 11.2. The van der Waals surface area contributed by atoms with Crippen molar-refractivity contribution in [2.75, 3.05) is 6.61 Å². The lowest BCUT2D eigenvalue weighted by Gasteiger charge is -2.02. The minimum Gasteiger partial charge on any atom is -0.388 e. The van der Waals surface area contributed by atoms with Crippen LogP contribution in [0, 0.1) is 15.5 Å². The van der Waals surface area contributed by atoms with E-state index in [0.29, 0.717) is 0 Å². The molecule has 0 aliphatic rings. The Balaban J connectivity index is 3.36. The van der Waals surface area contributed by atoms with Gasteiger partial charge in [0.2, 0.25) is 0 Å². The lowest BCUT2D eigenvalue weighted by molar-refractivity contribution is -0.385. The van der Waals surface area contributed by atoms with E-state index >= 15 is 0 Å². The summed E-state index contributed by atoms with van der Waals surface area (Å²) < 4.78 is 0. The highest BCUT2D eigenvalue weighted by molar-refractivity contribution is 6.03. The van der Waals surface area contributed by atoms with Crippen molar-refractivity contribution >= 4 is 17.3 Å². The molecule has 0 aromatic heterocycles. The van der Waals surface area contributed by atoms with Gasteiger partial charge in [-0.1, -0.05) is 6.07 Å². The molecule has 0 bridgehead atoms. The number of carbonyl (C=O) groups is 1. The van der Waals surface area contributed by atoms with E-state index in [1.165, 1.54) is 12.1 Å². The number of hydrogen-bond donors (Lipinski definition) is 3. The summed E-state index contributed by atoms with van der Waals surface area (Å²) in [7, 11) is 0. The Morgan fingerprint density at radius 2 is 2.19 bits per heavy atom. The van der Waals surface area contributed by atoms with Gasteiger partial charge in [-0.3, -0.25) is 20.3 Å². The third-order valence-corrected chi connectivity index (χ3v) is 1.95. The van der Waals surface area contributed by atoms with Crippen molar-refractivity contribution < 1.29 is 14.8 Å². The summed E-state index contributed by atoms with van der Waals surface area (Å²) in [6.07, 6.45) is 0. The van der Waals surface area contributed by atoms with E-state index in [2.05, 4.69) is 0 Å². The summed E-state index contributed by atoms with van der Waals surface area (Å²) in [6, 6.07) is 3.52. The van der Waals surface area contributed by atoms with E-state index in [0.717, 1.165) is 6.07 Å². The Hall–Kier alpha value is -2.28. The maximum Gasteiger partial charge on any atom is 0.281 e. The number of nitrogen functional groups attached to an aromatic ring is 1. The van der Waals surface area contributed by atoms with Gasteiger partial charge in [0.05, 0.1) is 10.5 Å². The zero-order chi connectivity index (χ0) is 12.3. The van der Waals surface area contributed by atoms with E-state index in [-0.39, 0.29) is 17.0 Å². The van der Waals surface area contributed by atoms with Crippen LogP contribution in [0.2, 0.25) is 0 Å². The minimum atomic E-state index is -0.805. The molecule has 0 fully saturated rings. The number of aliphatic hydroxyl groups is 1. The molecule has 0 atom stereocenters. The standard InChI is InChI=1S/C9H9N3O4/c10-9(11)5-1-2-6(8(14)4-13)7(3-5)12(15)16/h1-3,13H,4H2,(H3,10,11). The highest BCUT2D eigenvalue weighted by atomic mass is 16.6. The van der Waals surface area contributed by atoms with Crippen molar-refractivity contribution in [1.82, 2.24) is 0 Å². The number of nitro groups is 1. The molecule has 1 aromatic rings. The van der Waals surface area contributed by atoms with Crippen LogP contribution in [0.25, 0.3) is 0 Å². The maximum atomic E-state index is 11.2. The van der Waals surface area contributed by atoms with E-state index in [1.807, 2.05) is 0 Å². The van der Waals surface area contributed by atoms with Gasteiger partial charge in [0.25, 0.3) is 5.69 Å². The number of aliphatic hydroxyl groups excluding tert-OH is 1. The quantitative estimate of drug-likeness (QED) is 0.218. The third-order valence-electron chi connectivity index (χ3n) is 1.95. The molecule has 0 radical (unpaired) electrons. The van der Waals surface area contributed by atoms with Crippen molar-refractivity contribution in [2.24, 2.45) is 5.73 Å². The number of hydrogen-bond acceptors (Lipinski definition) is 5. The van der Waals surface area contributed by atoms with Crippen LogP contribution in [-0.2, 0) is 0 Å². The summed E-state index contributed by atoms with van der Waals surface area (Å²) in [5.74, 6) is -1.08. The van der Waals surface area contributed by atoms with Gasteiger partial charge < -0.3 is 10.8 Å². The number of amidine groups is 1. The Bertz CT molecular complexity index is 470. The number of nitrogens with two attached hydrogens (primary N) is 1. The molecule has 0 unspecified atom stereocenters. The fraction of sp³-hybridized carbons (Fsp3) is 0.111. The molecular formula is C9H9N3O4. The average Bonchev–Trinajstić information content (AvgIpc) is 2.26. The van der Waals surface area contributed by atoms with Crippen LogP contribution < -0.4 is 5.73 Å². The molecule has 16 heavy (non-hydrogen) atoms. The number of ketones is 1. The van der Waals surface area contributed by atoms with Gasteiger partial charge in [-0.05, 0) is 6.07 Å². The zero-order valence-corrected chi connectivity index (χ0v) is 8.14. The van der Waals surface area contributed by atoms with Crippen LogP contribution in [0.3, 0.4) is 0 Å². The molecule has 1 aromatic carbocycles. The smallest absolute Gasteiger partial charge is 0.281 e. The molecule has 7 nitrogen and oxygen atoms in total. The first-order valence-electron chi connectivity index (χ1n) is 4.24. The van der Waals surface area contributed by atoms with Crippen molar-refractivity contribution in [3.63, 3.8) is 0 Å². The molecule has 0 heterocycles. The number of nitrogens with one attached hydrogen (secondary N) is 1. The van der Waals surface area contributed by atoms with Gasteiger partial charge in [0.1, 0.15) is 12.4 Å². The second kappa shape index (κ2) is 4.49. The summed E-state index contributed by atoms with van der Waals surface area (Å²) >= 11 is 0. The molecule has 7 heteroatoms. The van der Waals surface area contributed by atoms with Gasteiger partial charge in [-0.15, -0.1) is 0 Å². The van der Waals surface area contributed by atoms with Gasteiger partial charge in [0, 0.05) is 11.6 Å². The molecule has 0 aliphatic carbocycles. The first-order chi connectivity index (χ1) is 7.47. The third kappa shape index (κ3) is 2.20. The largest absolute Gasteiger partial charge is 0.388 e. The predicted octanol–water partition coefficient (Wildman–Crippen LogP) is 0.0539. The summed E-state index contributed by atoms with van der Waals surface area (Å²) in [6.45, 7) is -0.805. The number of Topliss-reactive ketones (excluding diaryl/α,β-unsaturated/α-hetero) is 1. The van der Waals surface area contributed by atoms with Crippen molar-refractivity contribution in [3.05, 3.63) is 39.4 Å². The predicted molar refractivity (Wildman–Crippen MR) is 55.5 cm³/mol. The number of nitro benzene ring substituents is 1. The van der Waals surface area contributed by atoms with Crippen molar-refractivity contribution in [1.29, 1.82) is 5.41 Å². The lowest BCUT2D eigenvalue weighted by Crippen LogP contribution is -2.13. The van der Waals surface area contributed by atoms with Gasteiger partial charge in [-0.2, -0.15) is 0 Å². The SMILES string of the molecule is N=C(N)c1ccc(C(=O)CO)c([N+](=O)[O-])c1. The number of carbonyl (C=O) groups excluding carboxylic acids is 1. The second-order valence-corrected chi connectivity index (χ2v) is 2.98. The minimum absolute atomic E-state index is 0.154. The Morgan fingerprint density at radius 3 is 2.62 bits per heavy atom. The second-order valence-electron chi connectivity index (χ2n) is 2.98. The van der Waals surface area contributed by atoms with E-state index < -0.39 is 23.0 Å². The van der Waals surface area contributed by atoms with Crippen LogP contribution in [0.1, 0.15) is 15.9 Å². The molecule has 0 saturated carbocycles. The zero-order valence-electron chi connectivity index (χ0n) is 8.14. The fourth-order valence-corrected chi connectivity index (χ4v) is 1.17. The van der Waals surface area contributed by atoms with E-state index in [4.69, 9.17) is 16.2 Å². The van der Waals surface area contributed by atoms with Gasteiger partial charge in [-0.25, -0.2) is 0 Å². The summed E-state index contributed by atoms with van der Waals surface area (Å²) in [5, 5.41) is 26.4. The summed E-state index contributed by atoms with van der Waals surface area (Å²) in [4.78, 5) is 21.1. The first kappa shape index (κ1) is 11.8. The monoisotopic (exact) mass is 223 g/mol. The van der Waals surface area contributed by atoms with Gasteiger partial charge in [0.15, 0.2) is 5.78 Å². The molecule has 0 spiro atoms. The van der Waals surface area contributed by atoms with Gasteiger partial charge >= 0.3 is 0 Å². The Labute approximate surface area is 90.2 Å². The summed E-state index contributed by atoms with van der Waals surface area (Å²) in [5.41, 5.74) is 4.66. The highest BCUT2D eigenvalue weighted by Gasteiger charge is 2.20. The molecule has 1 rings (SSSR count). The van der Waals surface area contributed by atoms with Crippen LogP contribution in [0.15, 0.2) is 18.2 Å². The lowest BCUT2D eigenvalue weighted by atomic mass is 10.1. The van der Waals surface area contributed by atoms with Crippen molar-refractivity contribution in [3.8, 4) is 0 Å². The number of nitrogens with zero attached hydrogens (tertiary/aromatic N) is 1. The molecule has 0 aliphatic heterocycles. The van der Waals surface area contributed by atoms with E-state index in [9.17, 15) is 14.9 Å². The normalized spacial score (nSPS) is 9.81. The molecule has 84 valence electrons. The fourth-order valence-electron chi connectivity index (χ4n) is 1.17. The molecule has 4 N–H and O–H groups in total. The molecule has 0 saturated heterocycles. The first-order valence-corrected chi connectivity index (χ1v) is 4.24. The molecule has 0 amide bonds. The van der Waals surface area contributed by atoms with Crippen LogP contribution in [-0.4, -0.2) is 28.3 Å². The van der Waals surface area contributed by atoms with E-state index in [1.54, 1.807) is 0 Å². The number of rotatable bonds is 4. The topological polar surface area (TPSA) is 130 Å². The van der Waals surface area contributed by atoms with Crippen LogP contribution in [0.5, 0.6) is 0 Å². The highest BCUT2D eigenvalue weighted by Crippen LogP contribution is 2.20. The van der Waals surface area contributed by atoms with Crippen molar-refractivity contribution in [2.45, 2.75) is 0 Å². The Morgan fingerprint density at radius 1 is 1.56 bits per heavy atom. The molecular weight excluding hydrogens is 214 g/mol. The van der Waals surface area contributed by atoms with Crippen LogP contribution >= 0.6 is 0 Å². The number of benzene rings is 1.